The second-order valence-corrected chi connectivity index (χ2v) is 10.9. The van der Waals surface area contributed by atoms with Crippen LogP contribution in [0.5, 0.6) is 0 Å². The fourth-order valence-corrected chi connectivity index (χ4v) is 5.49. The molecule has 1 heterocycles. The van der Waals surface area contributed by atoms with Crippen molar-refractivity contribution in [1.82, 2.24) is 9.99 Å². The molecule has 6 heteroatoms. The lowest BCUT2D eigenvalue weighted by Gasteiger charge is -2.27. The molecule has 0 unspecified atom stereocenters. The Bertz CT molecular complexity index is 1810. The predicted molar refractivity (Wildman–Crippen MR) is 176 cm³/mol. The largest absolute Gasteiger partial charge is 0.372 e. The van der Waals surface area contributed by atoms with E-state index in [9.17, 15) is 9.90 Å². The van der Waals surface area contributed by atoms with Crippen LogP contribution < -0.4 is 5.43 Å². The Labute approximate surface area is 258 Å². The van der Waals surface area contributed by atoms with E-state index in [4.69, 9.17) is 0 Å². The molecule has 0 aliphatic heterocycles. The van der Waals surface area contributed by atoms with Crippen LogP contribution in [0.1, 0.15) is 16.7 Å². The Morgan fingerprint density at radius 1 is 0.698 bits per heavy atom. The van der Waals surface area contributed by atoms with Gasteiger partial charge in [-0.05, 0) is 52.6 Å². The number of nitrogens with one attached hydrogen (secondary N) is 1. The topological polar surface area (TPSA) is 66.6 Å². The van der Waals surface area contributed by atoms with Crippen LogP contribution in [0.4, 0.5) is 0 Å². The van der Waals surface area contributed by atoms with Gasteiger partial charge >= 0.3 is 0 Å². The summed E-state index contributed by atoms with van der Waals surface area (Å²) < 4.78 is 3.18. The lowest BCUT2D eigenvalue weighted by atomic mass is 9.85. The van der Waals surface area contributed by atoms with Crippen LogP contribution in [-0.4, -0.2) is 21.8 Å². The van der Waals surface area contributed by atoms with Gasteiger partial charge in [0.1, 0.15) is 0 Å². The van der Waals surface area contributed by atoms with Gasteiger partial charge in [0, 0.05) is 15.7 Å². The summed E-state index contributed by atoms with van der Waals surface area (Å²) in [5.74, 6) is -0.655. The zero-order chi connectivity index (χ0) is 29.6. The minimum atomic E-state index is -1.93. The van der Waals surface area contributed by atoms with E-state index in [1.165, 1.54) is 0 Å². The normalized spacial score (nSPS) is 11.5. The van der Waals surface area contributed by atoms with Crippen LogP contribution >= 0.6 is 15.9 Å². The number of carbonyl (C=O) groups excluding carboxylic acids is 1. The molecule has 5 aromatic carbocycles. The third-order valence-electron chi connectivity index (χ3n) is 7.31. The Morgan fingerprint density at radius 2 is 1.19 bits per heavy atom. The van der Waals surface area contributed by atoms with E-state index >= 15 is 0 Å². The van der Waals surface area contributed by atoms with E-state index in [-0.39, 0.29) is 0 Å². The molecule has 6 rings (SSSR count). The van der Waals surface area contributed by atoms with Gasteiger partial charge in [-0.1, -0.05) is 137 Å². The molecule has 0 atom stereocenters. The van der Waals surface area contributed by atoms with Gasteiger partial charge in [0.15, 0.2) is 5.60 Å². The first kappa shape index (κ1) is 28.1. The van der Waals surface area contributed by atoms with Gasteiger partial charge in [0.05, 0.1) is 17.6 Å². The van der Waals surface area contributed by atoms with E-state index in [1.54, 1.807) is 54.7 Å². The fourth-order valence-electron chi connectivity index (χ4n) is 5.23. The summed E-state index contributed by atoms with van der Waals surface area (Å²) >= 11 is 3.56. The number of hydrogen-bond acceptors (Lipinski definition) is 3. The summed E-state index contributed by atoms with van der Waals surface area (Å²) in [4.78, 5) is 13.7. The molecule has 0 bridgehead atoms. The average Bonchev–Trinajstić information content (AvgIpc) is 3.45. The first-order valence-corrected chi connectivity index (χ1v) is 14.6. The molecule has 0 aliphatic carbocycles. The highest BCUT2D eigenvalue weighted by molar-refractivity contribution is 9.10. The summed E-state index contributed by atoms with van der Waals surface area (Å²) in [6.45, 7) is 0. The number of benzene rings is 5. The lowest BCUT2D eigenvalue weighted by Crippen LogP contribution is -2.43. The van der Waals surface area contributed by atoms with Crippen LogP contribution in [0.15, 0.2) is 161 Å². The summed E-state index contributed by atoms with van der Waals surface area (Å²) in [5.41, 5.74) is 7.30. The number of nitrogens with zero attached hydrogens (tertiary/aromatic N) is 2. The lowest BCUT2D eigenvalue weighted by molar-refractivity contribution is -0.136. The van der Waals surface area contributed by atoms with Gasteiger partial charge in [0.2, 0.25) is 0 Å². The Hall–Kier alpha value is -5.04. The monoisotopic (exact) mass is 625 g/mol. The number of aliphatic hydroxyl groups is 1. The second-order valence-electron chi connectivity index (χ2n) is 10.0. The number of rotatable bonds is 8. The number of amides is 1. The highest BCUT2D eigenvalue weighted by Gasteiger charge is 2.39. The zero-order valence-corrected chi connectivity index (χ0v) is 24.7. The van der Waals surface area contributed by atoms with Crippen LogP contribution in [-0.2, 0) is 10.4 Å². The van der Waals surface area contributed by atoms with Crippen molar-refractivity contribution in [2.75, 3.05) is 0 Å². The minimum Gasteiger partial charge on any atom is -0.372 e. The molecule has 210 valence electrons. The van der Waals surface area contributed by atoms with E-state index in [0.717, 1.165) is 38.2 Å². The van der Waals surface area contributed by atoms with E-state index < -0.39 is 11.5 Å². The molecule has 5 nitrogen and oxygen atoms in total. The van der Waals surface area contributed by atoms with Crippen molar-refractivity contribution < 1.29 is 9.90 Å². The first-order chi connectivity index (χ1) is 21.1. The SMILES string of the molecule is O=C(N/N=C/c1cc(-c2ccccc2)n(-c2ccc(Br)cc2)c1-c1ccccc1)C(O)(c1ccccc1)c1ccccc1. The molecular formula is C37H28BrN3O2. The Balaban J connectivity index is 1.45. The third-order valence-corrected chi connectivity index (χ3v) is 7.84. The van der Waals surface area contributed by atoms with Gasteiger partial charge < -0.3 is 9.67 Å². The fraction of sp³-hybridized carbons (Fsp3) is 0.0270. The highest BCUT2D eigenvalue weighted by atomic mass is 79.9. The van der Waals surface area contributed by atoms with Crippen LogP contribution in [0, 0.1) is 0 Å². The molecule has 2 N–H and O–H groups in total. The molecule has 0 spiro atoms. The summed E-state index contributed by atoms with van der Waals surface area (Å²) in [6, 6.07) is 48.3. The van der Waals surface area contributed by atoms with Gasteiger partial charge in [-0.25, -0.2) is 5.43 Å². The minimum absolute atomic E-state index is 0.451. The molecule has 0 saturated carbocycles. The maximum absolute atomic E-state index is 13.7. The van der Waals surface area contributed by atoms with E-state index in [1.807, 2.05) is 60.7 Å². The molecule has 0 radical (unpaired) electrons. The first-order valence-electron chi connectivity index (χ1n) is 13.8. The molecule has 6 aromatic rings. The van der Waals surface area contributed by atoms with Gasteiger partial charge in [-0.2, -0.15) is 5.10 Å². The van der Waals surface area contributed by atoms with Gasteiger partial charge in [0.25, 0.3) is 5.91 Å². The predicted octanol–water partition coefficient (Wildman–Crippen LogP) is 7.96. The Kier molecular flexibility index (Phi) is 8.13. The molecule has 1 aromatic heterocycles. The number of halogens is 1. The van der Waals surface area contributed by atoms with Crippen molar-refractivity contribution in [1.29, 1.82) is 0 Å². The zero-order valence-electron chi connectivity index (χ0n) is 23.1. The van der Waals surface area contributed by atoms with Crippen molar-refractivity contribution in [2.45, 2.75) is 5.60 Å². The van der Waals surface area contributed by atoms with E-state index in [2.05, 4.69) is 73.5 Å². The maximum Gasteiger partial charge on any atom is 0.281 e. The summed E-state index contributed by atoms with van der Waals surface area (Å²) in [5, 5.41) is 16.2. The van der Waals surface area contributed by atoms with Gasteiger partial charge in [-0.3, -0.25) is 4.79 Å². The molecule has 0 aliphatic rings. The molecule has 43 heavy (non-hydrogen) atoms. The second kappa shape index (κ2) is 12.4. The van der Waals surface area contributed by atoms with Crippen LogP contribution in [0.25, 0.3) is 28.2 Å². The van der Waals surface area contributed by atoms with Crippen LogP contribution in [0.3, 0.4) is 0 Å². The van der Waals surface area contributed by atoms with Gasteiger partial charge in [-0.15, -0.1) is 0 Å². The molecule has 1 amide bonds. The van der Waals surface area contributed by atoms with Crippen molar-refractivity contribution in [3.8, 4) is 28.2 Å². The smallest absolute Gasteiger partial charge is 0.281 e. The molecular weight excluding hydrogens is 598 g/mol. The molecule has 0 saturated heterocycles. The third kappa shape index (κ3) is 5.71. The summed E-state index contributed by atoms with van der Waals surface area (Å²) in [6.07, 6.45) is 1.64. The Morgan fingerprint density at radius 3 is 1.72 bits per heavy atom. The van der Waals surface area contributed by atoms with Crippen LogP contribution in [0.2, 0.25) is 0 Å². The number of hydrazone groups is 1. The van der Waals surface area contributed by atoms with Crippen molar-refractivity contribution in [3.05, 3.63) is 173 Å². The van der Waals surface area contributed by atoms with Crippen molar-refractivity contribution in [2.24, 2.45) is 5.10 Å². The van der Waals surface area contributed by atoms with Crippen molar-refractivity contribution in [3.63, 3.8) is 0 Å². The maximum atomic E-state index is 13.7. The number of carbonyl (C=O) groups is 1. The number of hydrogen-bond donors (Lipinski definition) is 2. The summed E-state index contributed by atoms with van der Waals surface area (Å²) in [7, 11) is 0. The highest BCUT2D eigenvalue weighted by Crippen LogP contribution is 2.36. The number of aromatic nitrogens is 1. The average molecular weight is 627 g/mol. The standard InChI is InChI=1S/C37H28BrN3O2/c38-32-21-23-33(24-22-32)41-34(27-13-5-1-6-14-27)25-29(35(41)28-15-7-2-8-16-28)26-39-40-36(42)37(43,30-17-9-3-10-18-30)31-19-11-4-12-20-31/h1-26,43H,(H,40,42)/b39-26+. The molecule has 0 fully saturated rings. The van der Waals surface area contributed by atoms with Crippen molar-refractivity contribution >= 4 is 28.1 Å². The quantitative estimate of drug-likeness (QED) is 0.133. The van der Waals surface area contributed by atoms with E-state index in [0.29, 0.717) is 11.1 Å².